The van der Waals surface area contributed by atoms with Gasteiger partial charge in [0.2, 0.25) is 0 Å². The fraction of sp³-hybridized carbons (Fsp3) is 0. The van der Waals surface area contributed by atoms with Gasteiger partial charge < -0.3 is 5.32 Å². The predicted molar refractivity (Wildman–Crippen MR) is 109 cm³/mol. The molecule has 0 atom stereocenters. The standard InChI is InChI=1S/C18H10BrCl2N3S/c19-12-2-1-3-14(6-12)23-9-11(8-22)18-24-17(10-25-18)15-5-4-13(20)7-16(15)21/h1-7,9-10,23H/b11-9+. The topological polar surface area (TPSA) is 48.7 Å². The first-order valence-corrected chi connectivity index (χ1v) is 9.53. The molecule has 1 aromatic heterocycles. The van der Waals surface area contributed by atoms with Crippen LogP contribution in [0.25, 0.3) is 16.8 Å². The van der Waals surface area contributed by atoms with Gasteiger partial charge in [-0.25, -0.2) is 4.98 Å². The van der Waals surface area contributed by atoms with Gasteiger partial charge in [0.25, 0.3) is 0 Å². The van der Waals surface area contributed by atoms with Gasteiger partial charge in [-0.1, -0.05) is 45.2 Å². The van der Waals surface area contributed by atoms with Crippen LogP contribution in [0, 0.1) is 11.3 Å². The van der Waals surface area contributed by atoms with Crippen molar-refractivity contribution in [2.75, 3.05) is 5.32 Å². The number of benzene rings is 2. The second-order valence-electron chi connectivity index (χ2n) is 4.99. The normalized spacial score (nSPS) is 11.2. The smallest absolute Gasteiger partial charge is 0.136 e. The number of nitriles is 1. The van der Waals surface area contributed by atoms with Crippen LogP contribution < -0.4 is 5.32 Å². The van der Waals surface area contributed by atoms with E-state index in [1.165, 1.54) is 11.3 Å². The maximum atomic E-state index is 9.44. The third-order valence-electron chi connectivity index (χ3n) is 3.27. The summed E-state index contributed by atoms with van der Waals surface area (Å²) in [6.07, 6.45) is 1.65. The Morgan fingerprint density at radius 1 is 1.24 bits per heavy atom. The van der Waals surface area contributed by atoms with Crippen molar-refractivity contribution in [2.45, 2.75) is 0 Å². The lowest BCUT2D eigenvalue weighted by Crippen LogP contribution is -1.91. The van der Waals surface area contributed by atoms with E-state index in [2.05, 4.69) is 32.3 Å². The van der Waals surface area contributed by atoms with Crippen molar-refractivity contribution < 1.29 is 0 Å². The maximum Gasteiger partial charge on any atom is 0.136 e. The molecule has 1 N–H and O–H groups in total. The van der Waals surface area contributed by atoms with E-state index in [-0.39, 0.29) is 0 Å². The molecular weight excluding hydrogens is 441 g/mol. The summed E-state index contributed by atoms with van der Waals surface area (Å²) in [6, 6.07) is 15.1. The molecule has 0 spiro atoms. The molecule has 0 saturated heterocycles. The molecule has 0 amide bonds. The molecule has 0 aliphatic heterocycles. The summed E-state index contributed by atoms with van der Waals surface area (Å²) < 4.78 is 0.957. The summed E-state index contributed by atoms with van der Waals surface area (Å²) in [6.45, 7) is 0. The number of rotatable bonds is 4. The zero-order valence-corrected chi connectivity index (χ0v) is 16.5. The Morgan fingerprint density at radius 3 is 2.80 bits per heavy atom. The number of hydrogen-bond acceptors (Lipinski definition) is 4. The van der Waals surface area contributed by atoms with E-state index in [0.717, 1.165) is 15.7 Å². The van der Waals surface area contributed by atoms with E-state index in [4.69, 9.17) is 23.2 Å². The van der Waals surface area contributed by atoms with E-state index < -0.39 is 0 Å². The Hall–Kier alpha value is -1.84. The van der Waals surface area contributed by atoms with Crippen LogP contribution in [0.4, 0.5) is 5.69 Å². The van der Waals surface area contributed by atoms with Gasteiger partial charge in [-0.05, 0) is 36.4 Å². The molecular formula is C18H10BrCl2N3S. The molecule has 25 heavy (non-hydrogen) atoms. The van der Waals surface area contributed by atoms with E-state index in [1.807, 2.05) is 35.7 Å². The molecule has 0 fully saturated rings. The minimum Gasteiger partial charge on any atom is -0.360 e. The number of nitrogens with one attached hydrogen (secondary N) is 1. The van der Waals surface area contributed by atoms with Crippen molar-refractivity contribution in [3.8, 4) is 17.3 Å². The quantitative estimate of drug-likeness (QED) is 0.441. The SMILES string of the molecule is N#C/C(=C\Nc1cccc(Br)c1)c1nc(-c2ccc(Cl)cc2Cl)cs1. The van der Waals surface area contributed by atoms with Gasteiger partial charge in [0.15, 0.2) is 0 Å². The van der Waals surface area contributed by atoms with E-state index in [1.54, 1.807) is 18.3 Å². The number of nitrogens with zero attached hydrogens (tertiary/aromatic N) is 2. The number of aromatic nitrogens is 1. The highest BCUT2D eigenvalue weighted by Crippen LogP contribution is 2.32. The van der Waals surface area contributed by atoms with E-state index >= 15 is 0 Å². The summed E-state index contributed by atoms with van der Waals surface area (Å²) >= 11 is 17.0. The molecule has 0 unspecified atom stereocenters. The second-order valence-corrected chi connectivity index (χ2v) is 7.60. The van der Waals surface area contributed by atoms with Crippen molar-refractivity contribution in [3.05, 3.63) is 73.6 Å². The van der Waals surface area contributed by atoms with Crippen LogP contribution in [-0.2, 0) is 0 Å². The summed E-state index contributed by atoms with van der Waals surface area (Å²) in [5.41, 5.74) is 2.82. The lowest BCUT2D eigenvalue weighted by Gasteiger charge is -2.02. The van der Waals surface area contributed by atoms with Crippen LogP contribution in [0.5, 0.6) is 0 Å². The molecule has 3 nitrogen and oxygen atoms in total. The van der Waals surface area contributed by atoms with Crippen molar-refractivity contribution in [3.63, 3.8) is 0 Å². The molecule has 3 rings (SSSR count). The highest BCUT2D eigenvalue weighted by Gasteiger charge is 2.11. The zero-order chi connectivity index (χ0) is 17.8. The van der Waals surface area contributed by atoms with E-state index in [0.29, 0.717) is 26.3 Å². The van der Waals surface area contributed by atoms with Gasteiger partial charge in [0.1, 0.15) is 16.6 Å². The molecule has 124 valence electrons. The fourth-order valence-electron chi connectivity index (χ4n) is 2.09. The number of thiazole rings is 1. The van der Waals surface area contributed by atoms with Gasteiger partial charge in [-0.3, -0.25) is 0 Å². The highest BCUT2D eigenvalue weighted by atomic mass is 79.9. The minimum absolute atomic E-state index is 0.446. The van der Waals surface area contributed by atoms with Gasteiger partial charge in [0.05, 0.1) is 10.7 Å². The molecule has 0 radical (unpaired) electrons. The van der Waals surface area contributed by atoms with Crippen LogP contribution >= 0.6 is 50.5 Å². The molecule has 0 aliphatic rings. The monoisotopic (exact) mass is 449 g/mol. The fourth-order valence-corrected chi connectivity index (χ4v) is 3.78. The lowest BCUT2D eigenvalue weighted by molar-refractivity contribution is 1.36. The Kier molecular flexibility index (Phi) is 5.77. The number of allylic oxidation sites excluding steroid dienone is 1. The Morgan fingerprint density at radius 2 is 2.08 bits per heavy atom. The first-order valence-electron chi connectivity index (χ1n) is 7.10. The molecule has 0 bridgehead atoms. The maximum absolute atomic E-state index is 9.44. The average Bonchev–Trinajstić information content (AvgIpc) is 3.05. The summed E-state index contributed by atoms with van der Waals surface area (Å²) in [5.74, 6) is 0. The largest absolute Gasteiger partial charge is 0.360 e. The Balaban J connectivity index is 1.86. The highest BCUT2D eigenvalue weighted by molar-refractivity contribution is 9.10. The molecule has 7 heteroatoms. The zero-order valence-electron chi connectivity index (χ0n) is 12.6. The molecule has 0 aliphatic carbocycles. The van der Waals surface area contributed by atoms with Gasteiger partial charge in [0, 0.05) is 32.3 Å². The lowest BCUT2D eigenvalue weighted by atomic mass is 10.2. The van der Waals surface area contributed by atoms with Crippen LogP contribution in [0.15, 0.2) is 58.5 Å². The van der Waals surface area contributed by atoms with Crippen LogP contribution in [0.3, 0.4) is 0 Å². The second kappa shape index (κ2) is 8.03. The minimum atomic E-state index is 0.446. The third kappa shape index (κ3) is 4.42. The number of anilines is 1. The first-order chi connectivity index (χ1) is 12.1. The van der Waals surface area contributed by atoms with Crippen molar-refractivity contribution in [1.82, 2.24) is 4.98 Å². The molecule has 0 saturated carbocycles. The van der Waals surface area contributed by atoms with Crippen LogP contribution in [0.2, 0.25) is 10.0 Å². The third-order valence-corrected chi connectivity index (χ3v) is 5.19. The summed E-state index contributed by atoms with van der Waals surface area (Å²) in [7, 11) is 0. The Bertz CT molecular complexity index is 992. The predicted octanol–water partition coefficient (Wildman–Crippen LogP) is 6.86. The molecule has 2 aromatic carbocycles. The summed E-state index contributed by atoms with van der Waals surface area (Å²) in [4.78, 5) is 4.52. The summed E-state index contributed by atoms with van der Waals surface area (Å²) in [5, 5.41) is 16.1. The van der Waals surface area contributed by atoms with Gasteiger partial charge >= 0.3 is 0 Å². The van der Waals surface area contributed by atoms with Gasteiger partial charge in [-0.2, -0.15) is 5.26 Å². The molecule has 1 heterocycles. The van der Waals surface area contributed by atoms with Crippen molar-refractivity contribution >= 4 is 61.7 Å². The van der Waals surface area contributed by atoms with Crippen molar-refractivity contribution in [1.29, 1.82) is 5.26 Å². The van der Waals surface area contributed by atoms with Crippen LogP contribution in [-0.4, -0.2) is 4.98 Å². The molecule has 3 aromatic rings. The number of halogens is 3. The number of hydrogen-bond donors (Lipinski definition) is 1. The average molecular weight is 451 g/mol. The van der Waals surface area contributed by atoms with Gasteiger partial charge in [-0.15, -0.1) is 11.3 Å². The van der Waals surface area contributed by atoms with Crippen LogP contribution in [0.1, 0.15) is 5.01 Å². The first kappa shape index (κ1) is 18.0. The van der Waals surface area contributed by atoms with Crippen molar-refractivity contribution in [2.24, 2.45) is 0 Å². The Labute approximate surface area is 167 Å². The van der Waals surface area contributed by atoms with E-state index in [9.17, 15) is 5.26 Å².